The maximum atomic E-state index is 13.9. The molecule has 130 valence electrons. The Balaban J connectivity index is 2.35. The van der Waals surface area contributed by atoms with Crippen molar-refractivity contribution in [3.05, 3.63) is 0 Å². The molecule has 0 bridgehead atoms. The number of ether oxygens (including phenoxy) is 1. The molecule has 2 atom stereocenters. The minimum atomic E-state index is -2.98. The first-order chi connectivity index (χ1) is 10.1. The van der Waals surface area contributed by atoms with E-state index in [2.05, 4.69) is 17.6 Å². The van der Waals surface area contributed by atoms with Crippen LogP contribution < -0.4 is 10.6 Å². The van der Waals surface area contributed by atoms with E-state index in [0.717, 1.165) is 25.7 Å². The Bertz CT molecular complexity index is 357. The van der Waals surface area contributed by atoms with Gasteiger partial charge in [-0.05, 0) is 39.5 Å². The first-order valence-electron chi connectivity index (χ1n) is 8.21. The van der Waals surface area contributed by atoms with Crippen LogP contribution in [0.2, 0.25) is 0 Å². The molecule has 4 nitrogen and oxygen atoms in total. The lowest BCUT2D eigenvalue weighted by molar-refractivity contribution is -0.00824. The van der Waals surface area contributed by atoms with Crippen LogP contribution in [0.4, 0.5) is 13.6 Å². The fourth-order valence-corrected chi connectivity index (χ4v) is 2.82. The van der Waals surface area contributed by atoms with Gasteiger partial charge in [0.1, 0.15) is 5.60 Å². The van der Waals surface area contributed by atoms with Crippen LogP contribution in [-0.2, 0) is 4.74 Å². The molecule has 2 N–H and O–H groups in total. The summed E-state index contributed by atoms with van der Waals surface area (Å²) >= 11 is 0. The molecule has 0 radical (unpaired) electrons. The molecule has 1 fully saturated rings. The molecule has 0 heterocycles. The smallest absolute Gasteiger partial charge is 0.407 e. The highest BCUT2D eigenvalue weighted by Gasteiger charge is 2.33. The summed E-state index contributed by atoms with van der Waals surface area (Å²) in [6, 6.07) is 0.158. The molecule has 2 unspecified atom stereocenters. The van der Waals surface area contributed by atoms with E-state index in [-0.39, 0.29) is 6.04 Å². The molecular formula is C16H30F2N2O2. The zero-order chi connectivity index (χ0) is 16.8. The molecule has 6 heteroatoms. The lowest BCUT2D eigenvalue weighted by Crippen LogP contribution is -2.49. The Hall–Kier alpha value is -0.910. The third-order valence-corrected chi connectivity index (χ3v) is 3.95. The van der Waals surface area contributed by atoms with Crippen molar-refractivity contribution in [3.8, 4) is 0 Å². The van der Waals surface area contributed by atoms with Gasteiger partial charge in [-0.2, -0.15) is 0 Å². The average molecular weight is 320 g/mol. The van der Waals surface area contributed by atoms with Crippen LogP contribution in [0, 0.1) is 5.92 Å². The lowest BCUT2D eigenvalue weighted by atomic mass is 9.83. The Morgan fingerprint density at radius 2 is 1.82 bits per heavy atom. The molecule has 1 rings (SSSR count). The molecule has 0 aromatic heterocycles. The van der Waals surface area contributed by atoms with Gasteiger partial charge in [0, 0.05) is 6.04 Å². The van der Waals surface area contributed by atoms with Crippen molar-refractivity contribution in [2.24, 2.45) is 5.92 Å². The second kappa shape index (κ2) is 8.09. The number of halogens is 2. The number of alkyl carbamates (subject to hydrolysis) is 1. The summed E-state index contributed by atoms with van der Waals surface area (Å²) in [5.74, 6) is -2.50. The van der Waals surface area contributed by atoms with Crippen molar-refractivity contribution in [3.63, 3.8) is 0 Å². The van der Waals surface area contributed by atoms with Crippen LogP contribution in [0.1, 0.15) is 59.8 Å². The largest absolute Gasteiger partial charge is 0.444 e. The van der Waals surface area contributed by atoms with E-state index in [4.69, 9.17) is 4.74 Å². The van der Waals surface area contributed by atoms with Crippen molar-refractivity contribution in [2.75, 3.05) is 13.1 Å². The monoisotopic (exact) mass is 320 g/mol. The molecule has 0 aromatic carbocycles. The zero-order valence-electron chi connectivity index (χ0n) is 14.2. The second-order valence-corrected chi connectivity index (χ2v) is 7.15. The van der Waals surface area contributed by atoms with Gasteiger partial charge in [0.15, 0.2) is 0 Å². The third kappa shape index (κ3) is 7.38. The summed E-state index contributed by atoms with van der Waals surface area (Å²) < 4.78 is 32.7. The van der Waals surface area contributed by atoms with Gasteiger partial charge in [-0.1, -0.05) is 26.2 Å². The molecule has 0 aliphatic heterocycles. The highest BCUT2D eigenvalue weighted by atomic mass is 19.3. The first-order valence-corrected chi connectivity index (χ1v) is 8.21. The van der Waals surface area contributed by atoms with E-state index < -0.39 is 30.7 Å². The van der Waals surface area contributed by atoms with E-state index >= 15 is 0 Å². The van der Waals surface area contributed by atoms with Crippen LogP contribution in [0.25, 0.3) is 0 Å². The number of nitrogens with one attached hydrogen (secondary N) is 2. The summed E-state index contributed by atoms with van der Waals surface area (Å²) in [5, 5.41) is 5.13. The fraction of sp³-hybridized carbons (Fsp3) is 0.938. The van der Waals surface area contributed by atoms with Crippen LogP contribution >= 0.6 is 0 Å². The van der Waals surface area contributed by atoms with Crippen LogP contribution in [0.15, 0.2) is 0 Å². The third-order valence-electron chi connectivity index (χ3n) is 3.95. The quantitative estimate of drug-likeness (QED) is 0.784. The number of rotatable bonds is 6. The van der Waals surface area contributed by atoms with Gasteiger partial charge in [0.25, 0.3) is 5.92 Å². The minimum Gasteiger partial charge on any atom is -0.444 e. The summed E-state index contributed by atoms with van der Waals surface area (Å²) in [4.78, 5) is 11.4. The molecule has 1 saturated carbocycles. The van der Waals surface area contributed by atoms with E-state index in [0.29, 0.717) is 5.92 Å². The molecule has 1 aliphatic carbocycles. The second-order valence-electron chi connectivity index (χ2n) is 7.15. The number of amides is 1. The molecule has 22 heavy (non-hydrogen) atoms. The number of hydrogen-bond donors (Lipinski definition) is 2. The molecule has 0 aromatic rings. The number of alkyl halides is 2. The zero-order valence-corrected chi connectivity index (χ0v) is 14.2. The molecule has 1 aliphatic rings. The number of carbonyl (C=O) groups is 1. The topological polar surface area (TPSA) is 50.4 Å². The summed E-state index contributed by atoms with van der Waals surface area (Å²) in [7, 11) is 0. The maximum absolute atomic E-state index is 13.9. The lowest BCUT2D eigenvalue weighted by Gasteiger charge is -2.33. The van der Waals surface area contributed by atoms with Crippen molar-refractivity contribution in [2.45, 2.75) is 77.4 Å². The van der Waals surface area contributed by atoms with Gasteiger partial charge < -0.3 is 15.4 Å². The van der Waals surface area contributed by atoms with Crippen molar-refractivity contribution in [1.29, 1.82) is 0 Å². The first kappa shape index (κ1) is 19.1. The van der Waals surface area contributed by atoms with Crippen LogP contribution in [0.5, 0.6) is 0 Å². The van der Waals surface area contributed by atoms with Crippen LogP contribution in [-0.4, -0.2) is 36.7 Å². The van der Waals surface area contributed by atoms with E-state index in [1.165, 1.54) is 6.42 Å². The van der Waals surface area contributed by atoms with Gasteiger partial charge >= 0.3 is 6.09 Å². The fourth-order valence-electron chi connectivity index (χ4n) is 2.82. The summed E-state index contributed by atoms with van der Waals surface area (Å²) in [5.41, 5.74) is -0.686. The van der Waals surface area contributed by atoms with E-state index in [9.17, 15) is 13.6 Å². The van der Waals surface area contributed by atoms with Crippen molar-refractivity contribution >= 4 is 6.09 Å². The Labute approximate surface area is 132 Å². The highest BCUT2D eigenvalue weighted by Crippen LogP contribution is 2.27. The Kier molecular flexibility index (Phi) is 7.03. The van der Waals surface area contributed by atoms with Gasteiger partial charge in [0.05, 0.1) is 13.1 Å². The molecular weight excluding hydrogens is 290 g/mol. The molecule has 0 saturated heterocycles. The molecule has 1 amide bonds. The van der Waals surface area contributed by atoms with Gasteiger partial charge in [-0.15, -0.1) is 0 Å². The van der Waals surface area contributed by atoms with Crippen molar-refractivity contribution < 1.29 is 18.3 Å². The van der Waals surface area contributed by atoms with E-state index in [1.54, 1.807) is 20.8 Å². The Morgan fingerprint density at radius 3 is 2.41 bits per heavy atom. The number of hydrogen-bond acceptors (Lipinski definition) is 3. The summed E-state index contributed by atoms with van der Waals surface area (Å²) in [6.45, 7) is 6.07. The predicted octanol–water partition coefficient (Wildman–Crippen LogP) is 3.70. The van der Waals surface area contributed by atoms with Gasteiger partial charge in [0.2, 0.25) is 0 Å². The normalized spacial score (nSPS) is 23.2. The average Bonchev–Trinajstić information content (AvgIpc) is 2.42. The highest BCUT2D eigenvalue weighted by molar-refractivity contribution is 5.67. The maximum Gasteiger partial charge on any atom is 0.407 e. The van der Waals surface area contributed by atoms with E-state index in [1.807, 2.05) is 0 Å². The molecule has 0 spiro atoms. The SMILES string of the molecule is CCC1CCCCC1NCC(F)(F)CNC(=O)OC(C)(C)C. The van der Waals surface area contributed by atoms with Gasteiger partial charge in [-0.3, -0.25) is 0 Å². The summed E-state index contributed by atoms with van der Waals surface area (Å²) in [6.07, 6.45) is 4.54. The predicted molar refractivity (Wildman–Crippen MR) is 83.2 cm³/mol. The van der Waals surface area contributed by atoms with Crippen molar-refractivity contribution in [1.82, 2.24) is 10.6 Å². The standard InChI is InChI=1S/C16H30F2N2O2/c1-5-12-8-6-7-9-13(12)19-10-16(17,18)11-20-14(21)22-15(2,3)4/h12-13,19H,5-11H2,1-4H3,(H,20,21). The number of carbonyl (C=O) groups excluding carboxylic acids is 1. The minimum absolute atomic E-state index is 0.158. The Morgan fingerprint density at radius 1 is 1.18 bits per heavy atom. The van der Waals surface area contributed by atoms with Gasteiger partial charge in [-0.25, -0.2) is 13.6 Å². The van der Waals surface area contributed by atoms with Crippen LogP contribution in [0.3, 0.4) is 0 Å².